The predicted molar refractivity (Wildman–Crippen MR) is 51.9 cm³/mol. The molecular weight excluding hydrogens is 204 g/mol. The molecule has 0 aliphatic carbocycles. The normalized spacial score (nSPS) is 21.5. The summed E-state index contributed by atoms with van der Waals surface area (Å²) >= 11 is 0. The number of hydrogen-bond donors (Lipinski definition) is 6. The van der Waals surface area contributed by atoms with Gasteiger partial charge in [-0.3, -0.25) is 0 Å². The number of aliphatic hydroxyl groups is 6. The lowest BCUT2D eigenvalue weighted by atomic mass is 9.98. The summed E-state index contributed by atoms with van der Waals surface area (Å²) < 4.78 is 0. The summed E-state index contributed by atoms with van der Waals surface area (Å²) in [5.41, 5.74) is 0. The maximum absolute atomic E-state index is 9.33. The third-order valence-corrected chi connectivity index (χ3v) is 2.08. The second-order valence-electron chi connectivity index (χ2n) is 3.31. The molecule has 0 rings (SSSR count). The summed E-state index contributed by atoms with van der Waals surface area (Å²) in [5.74, 6) is 0. The summed E-state index contributed by atoms with van der Waals surface area (Å²) in [6, 6.07) is 0. The average molecular weight is 222 g/mol. The molecule has 0 aliphatic rings. The Morgan fingerprint density at radius 2 is 1.33 bits per heavy atom. The Morgan fingerprint density at radius 3 is 1.73 bits per heavy atom. The van der Waals surface area contributed by atoms with Gasteiger partial charge in [0, 0.05) is 0 Å². The molecule has 0 spiro atoms. The second kappa shape index (κ2) is 6.89. The molecule has 0 bridgehead atoms. The Balaban J connectivity index is 4.28. The highest BCUT2D eigenvalue weighted by Crippen LogP contribution is 2.10. The molecule has 6 nitrogen and oxygen atoms in total. The molecule has 0 radical (unpaired) electrons. The molecule has 15 heavy (non-hydrogen) atoms. The van der Waals surface area contributed by atoms with Gasteiger partial charge in [-0.2, -0.15) is 0 Å². The topological polar surface area (TPSA) is 121 Å². The van der Waals surface area contributed by atoms with Gasteiger partial charge in [-0.05, 0) is 6.42 Å². The third-order valence-electron chi connectivity index (χ3n) is 2.08. The van der Waals surface area contributed by atoms with Crippen molar-refractivity contribution >= 4 is 0 Å². The van der Waals surface area contributed by atoms with E-state index in [9.17, 15) is 20.4 Å². The molecule has 5 atom stereocenters. The predicted octanol–water partition coefficient (Wildman–Crippen LogP) is -2.64. The van der Waals surface area contributed by atoms with E-state index in [0.717, 1.165) is 0 Å². The van der Waals surface area contributed by atoms with Gasteiger partial charge in [0.15, 0.2) is 0 Å². The molecule has 0 heterocycles. The van der Waals surface area contributed by atoms with Crippen LogP contribution in [0.5, 0.6) is 0 Å². The third kappa shape index (κ3) is 4.25. The molecule has 0 aliphatic heterocycles. The SMILES string of the molecule is C=CCC(O)[C@H](O)[C@@H](O)[C@@H](O)[C@H](O)CO. The van der Waals surface area contributed by atoms with Crippen molar-refractivity contribution in [3.05, 3.63) is 12.7 Å². The zero-order valence-corrected chi connectivity index (χ0v) is 8.27. The molecule has 1 unspecified atom stereocenters. The number of hydrogen-bond acceptors (Lipinski definition) is 6. The lowest BCUT2D eigenvalue weighted by Crippen LogP contribution is -2.49. The lowest BCUT2D eigenvalue weighted by Gasteiger charge is -2.28. The van der Waals surface area contributed by atoms with Crippen molar-refractivity contribution in [2.24, 2.45) is 0 Å². The van der Waals surface area contributed by atoms with Crippen LogP contribution in [0, 0.1) is 0 Å². The van der Waals surface area contributed by atoms with Crippen molar-refractivity contribution in [1.29, 1.82) is 0 Å². The van der Waals surface area contributed by atoms with Gasteiger partial charge in [0.05, 0.1) is 12.7 Å². The van der Waals surface area contributed by atoms with Gasteiger partial charge in [-0.25, -0.2) is 0 Å². The Kier molecular flexibility index (Phi) is 6.66. The summed E-state index contributed by atoms with van der Waals surface area (Å²) in [6.07, 6.45) is -6.52. The summed E-state index contributed by atoms with van der Waals surface area (Å²) in [6.45, 7) is 2.59. The zero-order valence-electron chi connectivity index (χ0n) is 8.27. The van der Waals surface area contributed by atoms with E-state index in [1.165, 1.54) is 6.08 Å². The van der Waals surface area contributed by atoms with Crippen LogP contribution in [0.1, 0.15) is 6.42 Å². The van der Waals surface area contributed by atoms with Crippen molar-refractivity contribution in [1.82, 2.24) is 0 Å². The van der Waals surface area contributed by atoms with E-state index in [1.807, 2.05) is 0 Å². The Hall–Kier alpha value is -0.500. The van der Waals surface area contributed by atoms with Crippen LogP contribution in [-0.2, 0) is 0 Å². The van der Waals surface area contributed by atoms with E-state index in [1.54, 1.807) is 0 Å². The molecular formula is C9H18O6. The molecule has 0 fully saturated rings. The molecule has 6 heteroatoms. The van der Waals surface area contributed by atoms with E-state index in [-0.39, 0.29) is 6.42 Å². The van der Waals surface area contributed by atoms with Gasteiger partial charge in [0.25, 0.3) is 0 Å². The molecule has 6 N–H and O–H groups in total. The van der Waals surface area contributed by atoms with Gasteiger partial charge < -0.3 is 30.6 Å². The fraction of sp³-hybridized carbons (Fsp3) is 0.778. The quantitative estimate of drug-likeness (QED) is 0.262. The molecule has 0 saturated heterocycles. The molecule has 0 saturated carbocycles. The summed E-state index contributed by atoms with van der Waals surface area (Å²) in [7, 11) is 0. The maximum Gasteiger partial charge on any atom is 0.111 e. The Bertz CT molecular complexity index is 185. The van der Waals surface area contributed by atoms with Gasteiger partial charge in [0.1, 0.15) is 24.4 Å². The lowest BCUT2D eigenvalue weighted by molar-refractivity contribution is -0.139. The van der Waals surface area contributed by atoms with E-state index in [0.29, 0.717) is 0 Å². The second-order valence-corrected chi connectivity index (χ2v) is 3.31. The molecule has 0 aromatic heterocycles. The van der Waals surface area contributed by atoms with E-state index in [2.05, 4.69) is 6.58 Å². The first-order chi connectivity index (χ1) is 6.95. The molecule has 0 aromatic carbocycles. The van der Waals surface area contributed by atoms with Gasteiger partial charge >= 0.3 is 0 Å². The van der Waals surface area contributed by atoms with Crippen LogP contribution in [0.15, 0.2) is 12.7 Å². The monoisotopic (exact) mass is 222 g/mol. The minimum atomic E-state index is -1.73. The first kappa shape index (κ1) is 14.5. The highest BCUT2D eigenvalue weighted by atomic mass is 16.4. The standard InChI is InChI=1S/C9H18O6/c1-2-3-5(11)7(13)9(15)8(14)6(12)4-10/h2,5-15H,1,3-4H2/t5?,6-,7+,8+,9-/m1/s1. The van der Waals surface area contributed by atoms with Crippen molar-refractivity contribution in [3.8, 4) is 0 Å². The highest BCUT2D eigenvalue weighted by molar-refractivity contribution is 4.87. The number of aliphatic hydroxyl groups excluding tert-OH is 6. The van der Waals surface area contributed by atoms with Crippen molar-refractivity contribution in [3.63, 3.8) is 0 Å². The van der Waals surface area contributed by atoms with Gasteiger partial charge in [0.2, 0.25) is 0 Å². The minimum Gasteiger partial charge on any atom is -0.394 e. The van der Waals surface area contributed by atoms with Crippen molar-refractivity contribution < 1.29 is 30.6 Å². The molecule has 0 amide bonds. The van der Waals surface area contributed by atoms with Crippen LogP contribution >= 0.6 is 0 Å². The van der Waals surface area contributed by atoms with Gasteiger partial charge in [-0.1, -0.05) is 6.08 Å². The van der Waals surface area contributed by atoms with E-state index in [4.69, 9.17) is 10.2 Å². The number of rotatable bonds is 7. The average Bonchev–Trinajstić information content (AvgIpc) is 2.25. The first-order valence-corrected chi connectivity index (χ1v) is 4.57. The van der Waals surface area contributed by atoms with E-state index >= 15 is 0 Å². The molecule has 0 aromatic rings. The maximum atomic E-state index is 9.33. The van der Waals surface area contributed by atoms with Crippen LogP contribution in [-0.4, -0.2) is 67.8 Å². The smallest absolute Gasteiger partial charge is 0.111 e. The largest absolute Gasteiger partial charge is 0.394 e. The van der Waals surface area contributed by atoms with E-state index < -0.39 is 37.1 Å². The van der Waals surface area contributed by atoms with Gasteiger partial charge in [-0.15, -0.1) is 6.58 Å². The molecule has 90 valence electrons. The van der Waals surface area contributed by atoms with Crippen molar-refractivity contribution in [2.45, 2.75) is 36.9 Å². The zero-order chi connectivity index (χ0) is 12.0. The Morgan fingerprint density at radius 1 is 0.867 bits per heavy atom. The van der Waals surface area contributed by atoms with Crippen molar-refractivity contribution in [2.75, 3.05) is 6.61 Å². The fourth-order valence-corrected chi connectivity index (χ4v) is 1.08. The minimum absolute atomic E-state index is 0.0418. The first-order valence-electron chi connectivity index (χ1n) is 4.57. The fourth-order valence-electron chi connectivity index (χ4n) is 1.08. The van der Waals surface area contributed by atoms with Crippen LogP contribution in [0.2, 0.25) is 0 Å². The van der Waals surface area contributed by atoms with Crippen LogP contribution in [0.25, 0.3) is 0 Å². The highest BCUT2D eigenvalue weighted by Gasteiger charge is 2.33. The summed E-state index contributed by atoms with van der Waals surface area (Å²) in [5, 5.41) is 54.6. The van der Waals surface area contributed by atoms with Crippen LogP contribution in [0.4, 0.5) is 0 Å². The van der Waals surface area contributed by atoms with Crippen LogP contribution < -0.4 is 0 Å². The summed E-state index contributed by atoms with van der Waals surface area (Å²) in [4.78, 5) is 0. The Labute approximate surface area is 87.7 Å². The van der Waals surface area contributed by atoms with Crippen LogP contribution in [0.3, 0.4) is 0 Å².